The molecule has 1 aromatic rings. The SMILES string of the molecule is Cc1ccc(NC(=O)CCCS(C)(=O)=O)c(C)c1. The van der Waals surface area contributed by atoms with Crippen LogP contribution in [0.1, 0.15) is 24.0 Å². The Labute approximate surface area is 108 Å². The molecule has 0 spiro atoms. The number of rotatable bonds is 5. The van der Waals surface area contributed by atoms with Gasteiger partial charge in [0, 0.05) is 18.4 Å². The van der Waals surface area contributed by atoms with Crippen LogP contribution in [0, 0.1) is 13.8 Å². The third-order valence-corrected chi connectivity index (χ3v) is 3.61. The molecule has 0 aromatic heterocycles. The van der Waals surface area contributed by atoms with Gasteiger partial charge in [-0.25, -0.2) is 8.42 Å². The van der Waals surface area contributed by atoms with Crippen LogP contribution in [0.5, 0.6) is 0 Å². The van der Waals surface area contributed by atoms with Crippen molar-refractivity contribution in [2.45, 2.75) is 26.7 Å². The standard InChI is InChI=1S/C13H19NO3S/c1-10-6-7-12(11(2)9-10)14-13(15)5-4-8-18(3,16)17/h6-7,9H,4-5,8H2,1-3H3,(H,14,15). The lowest BCUT2D eigenvalue weighted by atomic mass is 10.1. The zero-order valence-electron chi connectivity index (χ0n) is 11.0. The highest BCUT2D eigenvalue weighted by Crippen LogP contribution is 2.16. The van der Waals surface area contributed by atoms with Crippen LogP contribution in [0.4, 0.5) is 5.69 Å². The first-order chi connectivity index (χ1) is 8.28. The first kappa shape index (κ1) is 14.7. The molecular formula is C13H19NO3S. The number of carbonyl (C=O) groups excluding carboxylic acids is 1. The third-order valence-electron chi connectivity index (χ3n) is 2.57. The highest BCUT2D eigenvalue weighted by molar-refractivity contribution is 7.90. The Morgan fingerprint density at radius 2 is 1.94 bits per heavy atom. The third kappa shape index (κ3) is 5.31. The lowest BCUT2D eigenvalue weighted by Gasteiger charge is -2.08. The summed E-state index contributed by atoms with van der Waals surface area (Å²) >= 11 is 0. The summed E-state index contributed by atoms with van der Waals surface area (Å²) in [5, 5.41) is 2.79. The van der Waals surface area contributed by atoms with Gasteiger partial charge in [0.1, 0.15) is 9.84 Å². The van der Waals surface area contributed by atoms with Crippen LogP contribution in [-0.4, -0.2) is 26.3 Å². The molecule has 0 atom stereocenters. The van der Waals surface area contributed by atoms with Gasteiger partial charge in [0.05, 0.1) is 5.75 Å². The molecule has 0 unspecified atom stereocenters. The summed E-state index contributed by atoms with van der Waals surface area (Å²) in [7, 11) is -2.99. The van der Waals surface area contributed by atoms with Gasteiger partial charge in [-0.3, -0.25) is 4.79 Å². The molecule has 0 heterocycles. The van der Waals surface area contributed by atoms with E-state index in [1.807, 2.05) is 32.0 Å². The molecular weight excluding hydrogens is 250 g/mol. The number of amides is 1. The van der Waals surface area contributed by atoms with Crippen molar-refractivity contribution in [2.24, 2.45) is 0 Å². The van der Waals surface area contributed by atoms with Gasteiger partial charge in [-0.2, -0.15) is 0 Å². The van der Waals surface area contributed by atoms with E-state index in [0.717, 1.165) is 16.8 Å². The molecule has 0 aliphatic heterocycles. The van der Waals surface area contributed by atoms with Gasteiger partial charge in [-0.1, -0.05) is 17.7 Å². The van der Waals surface area contributed by atoms with Crippen molar-refractivity contribution in [3.8, 4) is 0 Å². The summed E-state index contributed by atoms with van der Waals surface area (Å²) in [6.07, 6.45) is 1.75. The maximum absolute atomic E-state index is 11.6. The number of sulfone groups is 1. The van der Waals surface area contributed by atoms with Gasteiger partial charge < -0.3 is 5.32 Å². The Balaban J connectivity index is 2.50. The van der Waals surface area contributed by atoms with Crippen LogP contribution >= 0.6 is 0 Å². The van der Waals surface area contributed by atoms with Crippen LogP contribution in [0.25, 0.3) is 0 Å². The monoisotopic (exact) mass is 269 g/mol. The summed E-state index contributed by atoms with van der Waals surface area (Å²) < 4.78 is 21.9. The van der Waals surface area contributed by atoms with E-state index in [-0.39, 0.29) is 18.1 Å². The number of benzene rings is 1. The molecule has 1 amide bonds. The number of aryl methyl sites for hydroxylation is 2. The van der Waals surface area contributed by atoms with Crippen molar-refractivity contribution in [1.82, 2.24) is 0 Å². The molecule has 0 fully saturated rings. The van der Waals surface area contributed by atoms with Gasteiger partial charge in [-0.05, 0) is 31.9 Å². The van der Waals surface area contributed by atoms with Crippen molar-refractivity contribution in [3.63, 3.8) is 0 Å². The van der Waals surface area contributed by atoms with Crippen LogP contribution in [0.15, 0.2) is 18.2 Å². The molecule has 1 aromatic carbocycles. The van der Waals surface area contributed by atoms with E-state index in [9.17, 15) is 13.2 Å². The van der Waals surface area contributed by atoms with Crippen molar-refractivity contribution in [3.05, 3.63) is 29.3 Å². The second kappa shape index (κ2) is 6.00. The lowest BCUT2D eigenvalue weighted by molar-refractivity contribution is -0.116. The Bertz CT molecular complexity index is 535. The fourth-order valence-electron chi connectivity index (χ4n) is 1.66. The van der Waals surface area contributed by atoms with E-state index in [0.29, 0.717) is 6.42 Å². The largest absolute Gasteiger partial charge is 0.326 e. The molecule has 5 heteroatoms. The van der Waals surface area contributed by atoms with Gasteiger partial charge in [0.15, 0.2) is 0 Å². The molecule has 100 valence electrons. The van der Waals surface area contributed by atoms with Crippen LogP contribution in [0.3, 0.4) is 0 Å². The molecule has 0 aliphatic carbocycles. The van der Waals surface area contributed by atoms with E-state index in [1.165, 1.54) is 6.26 Å². The average Bonchev–Trinajstić information content (AvgIpc) is 2.20. The predicted molar refractivity (Wildman–Crippen MR) is 73.5 cm³/mol. The second-order valence-electron chi connectivity index (χ2n) is 4.60. The number of carbonyl (C=O) groups is 1. The van der Waals surface area contributed by atoms with E-state index in [1.54, 1.807) is 0 Å². The van der Waals surface area contributed by atoms with Crippen molar-refractivity contribution < 1.29 is 13.2 Å². The minimum atomic E-state index is -2.99. The highest BCUT2D eigenvalue weighted by atomic mass is 32.2. The van der Waals surface area contributed by atoms with E-state index >= 15 is 0 Å². The van der Waals surface area contributed by atoms with E-state index in [2.05, 4.69) is 5.32 Å². The van der Waals surface area contributed by atoms with Gasteiger partial charge >= 0.3 is 0 Å². The quantitative estimate of drug-likeness (QED) is 0.890. The van der Waals surface area contributed by atoms with Gasteiger partial charge in [0.2, 0.25) is 5.91 Å². The van der Waals surface area contributed by atoms with Crippen LogP contribution < -0.4 is 5.32 Å². The lowest BCUT2D eigenvalue weighted by Crippen LogP contribution is -2.14. The first-order valence-corrected chi connectivity index (χ1v) is 7.89. The smallest absolute Gasteiger partial charge is 0.224 e. The zero-order valence-corrected chi connectivity index (χ0v) is 11.8. The molecule has 0 saturated heterocycles. The number of hydrogen-bond donors (Lipinski definition) is 1. The van der Waals surface area contributed by atoms with Crippen molar-refractivity contribution >= 4 is 21.4 Å². The summed E-state index contributed by atoms with van der Waals surface area (Å²) in [5.41, 5.74) is 2.93. The Hall–Kier alpha value is -1.36. The zero-order chi connectivity index (χ0) is 13.8. The molecule has 0 aliphatic rings. The molecule has 0 saturated carbocycles. The second-order valence-corrected chi connectivity index (χ2v) is 6.86. The van der Waals surface area contributed by atoms with E-state index in [4.69, 9.17) is 0 Å². The van der Waals surface area contributed by atoms with Gasteiger partial charge in [0.25, 0.3) is 0 Å². The summed E-state index contributed by atoms with van der Waals surface area (Å²) in [4.78, 5) is 11.6. The number of nitrogens with one attached hydrogen (secondary N) is 1. The predicted octanol–water partition coefficient (Wildman–Crippen LogP) is 2.07. The average molecular weight is 269 g/mol. The summed E-state index contributed by atoms with van der Waals surface area (Å²) in [6.45, 7) is 3.92. The Morgan fingerprint density at radius 1 is 1.28 bits per heavy atom. The topological polar surface area (TPSA) is 63.2 Å². The molecule has 0 bridgehead atoms. The van der Waals surface area contributed by atoms with Crippen LogP contribution in [0.2, 0.25) is 0 Å². The maximum atomic E-state index is 11.6. The van der Waals surface area contributed by atoms with E-state index < -0.39 is 9.84 Å². The minimum absolute atomic E-state index is 0.0489. The van der Waals surface area contributed by atoms with Crippen molar-refractivity contribution in [1.29, 1.82) is 0 Å². The fourth-order valence-corrected chi connectivity index (χ4v) is 2.33. The molecule has 0 radical (unpaired) electrons. The Kier molecular flexibility index (Phi) is 4.90. The van der Waals surface area contributed by atoms with Crippen LogP contribution in [-0.2, 0) is 14.6 Å². The normalized spacial score (nSPS) is 11.3. The number of anilines is 1. The highest BCUT2D eigenvalue weighted by Gasteiger charge is 2.07. The summed E-state index contributed by atoms with van der Waals surface area (Å²) in [5.74, 6) is -0.0987. The van der Waals surface area contributed by atoms with Crippen molar-refractivity contribution in [2.75, 3.05) is 17.3 Å². The Morgan fingerprint density at radius 3 is 2.50 bits per heavy atom. The van der Waals surface area contributed by atoms with Gasteiger partial charge in [-0.15, -0.1) is 0 Å². The molecule has 1 N–H and O–H groups in total. The molecule has 4 nitrogen and oxygen atoms in total. The maximum Gasteiger partial charge on any atom is 0.224 e. The number of hydrogen-bond acceptors (Lipinski definition) is 3. The fraction of sp³-hybridized carbons (Fsp3) is 0.462. The summed E-state index contributed by atoms with van der Waals surface area (Å²) in [6, 6.07) is 5.78. The first-order valence-electron chi connectivity index (χ1n) is 5.83. The molecule has 18 heavy (non-hydrogen) atoms. The minimum Gasteiger partial charge on any atom is -0.326 e. The molecule has 1 rings (SSSR count).